The molecule has 0 bridgehead atoms. The van der Waals surface area contributed by atoms with Gasteiger partial charge in [0, 0.05) is 17.2 Å². The highest BCUT2D eigenvalue weighted by atomic mass is 16.1. The Hall–Kier alpha value is -3.20. The van der Waals surface area contributed by atoms with Gasteiger partial charge in [-0.05, 0) is 50.3 Å². The third kappa shape index (κ3) is 8.21. The summed E-state index contributed by atoms with van der Waals surface area (Å²) in [5.74, 6) is 0.635. The molecule has 1 N–H and O–H groups in total. The summed E-state index contributed by atoms with van der Waals surface area (Å²) in [6.07, 6.45) is 1.92. The summed E-state index contributed by atoms with van der Waals surface area (Å²) in [5.41, 5.74) is 4.24. The lowest BCUT2D eigenvalue weighted by Crippen LogP contribution is -2.22. The summed E-state index contributed by atoms with van der Waals surface area (Å²) in [4.78, 5) is 23.0. The van der Waals surface area contributed by atoms with Crippen molar-refractivity contribution in [2.75, 3.05) is 5.32 Å². The molecule has 0 spiro atoms. The minimum absolute atomic E-state index is 0.00791. The normalized spacial score (nSPS) is 12.1. The van der Waals surface area contributed by atoms with Crippen LogP contribution in [0.2, 0.25) is 0 Å². The molecule has 3 heteroatoms. The summed E-state index contributed by atoms with van der Waals surface area (Å²) in [6, 6.07) is 27.5. The van der Waals surface area contributed by atoms with Crippen molar-refractivity contribution in [3.8, 4) is 0 Å². The third-order valence-corrected chi connectivity index (χ3v) is 5.35. The van der Waals surface area contributed by atoms with Gasteiger partial charge in [0.15, 0.2) is 5.78 Å². The molecule has 162 valence electrons. The van der Waals surface area contributed by atoms with Gasteiger partial charge < -0.3 is 5.32 Å². The molecule has 0 heterocycles. The molecule has 0 aromatic heterocycles. The van der Waals surface area contributed by atoms with Crippen LogP contribution in [0, 0.1) is 12.8 Å². The Balaban J connectivity index is 0.000000316. The zero-order chi connectivity index (χ0) is 22.6. The predicted molar refractivity (Wildman–Crippen MR) is 130 cm³/mol. The van der Waals surface area contributed by atoms with Crippen LogP contribution in [0.3, 0.4) is 0 Å². The number of ketones is 1. The van der Waals surface area contributed by atoms with E-state index >= 15 is 0 Å². The van der Waals surface area contributed by atoms with Crippen LogP contribution in [0.15, 0.2) is 84.9 Å². The van der Waals surface area contributed by atoms with Crippen LogP contribution >= 0.6 is 0 Å². The molecule has 0 aliphatic rings. The molecule has 3 nitrogen and oxygen atoms in total. The minimum Gasteiger partial charge on any atom is -0.326 e. The Bertz CT molecular complexity index is 934. The van der Waals surface area contributed by atoms with Gasteiger partial charge in [0.2, 0.25) is 5.91 Å². The Morgan fingerprint density at radius 2 is 1.39 bits per heavy atom. The lowest BCUT2D eigenvalue weighted by molar-refractivity contribution is -0.119. The number of carbonyl (C=O) groups is 2. The number of para-hydroxylation sites is 1. The molecule has 31 heavy (non-hydrogen) atoms. The van der Waals surface area contributed by atoms with Gasteiger partial charge in [-0.2, -0.15) is 0 Å². The van der Waals surface area contributed by atoms with E-state index in [-0.39, 0.29) is 17.6 Å². The van der Waals surface area contributed by atoms with Crippen molar-refractivity contribution in [3.63, 3.8) is 0 Å². The Labute approximate surface area is 186 Å². The molecule has 3 rings (SSSR count). The largest absolute Gasteiger partial charge is 0.326 e. The molecule has 1 amide bonds. The molecule has 2 atom stereocenters. The third-order valence-electron chi connectivity index (χ3n) is 5.35. The van der Waals surface area contributed by atoms with Crippen molar-refractivity contribution in [1.82, 2.24) is 0 Å². The fourth-order valence-corrected chi connectivity index (χ4v) is 3.37. The number of Topliss-reactive ketones (excluding diaryl/α,β-unsaturated/α-hetero) is 1. The molecule has 0 radical (unpaired) electrons. The number of amides is 1. The number of rotatable bonds is 7. The summed E-state index contributed by atoms with van der Waals surface area (Å²) in [6.45, 7) is 7.86. The van der Waals surface area contributed by atoms with Crippen molar-refractivity contribution < 1.29 is 9.59 Å². The molecule has 3 aromatic rings. The second kappa shape index (κ2) is 12.5. The van der Waals surface area contributed by atoms with Crippen LogP contribution in [0.5, 0.6) is 0 Å². The smallest absolute Gasteiger partial charge is 0.227 e. The monoisotopic (exact) mass is 415 g/mol. The van der Waals surface area contributed by atoms with E-state index in [2.05, 4.69) is 43.4 Å². The van der Waals surface area contributed by atoms with E-state index in [9.17, 15) is 9.59 Å². The van der Waals surface area contributed by atoms with Crippen LogP contribution in [0.4, 0.5) is 5.69 Å². The van der Waals surface area contributed by atoms with Gasteiger partial charge in [-0.15, -0.1) is 0 Å². The molecule has 0 aliphatic carbocycles. The van der Waals surface area contributed by atoms with Gasteiger partial charge in [-0.1, -0.05) is 92.2 Å². The van der Waals surface area contributed by atoms with E-state index in [4.69, 9.17) is 0 Å². The second-order valence-electron chi connectivity index (χ2n) is 7.93. The van der Waals surface area contributed by atoms with E-state index in [0.717, 1.165) is 24.1 Å². The van der Waals surface area contributed by atoms with Gasteiger partial charge in [0.25, 0.3) is 0 Å². The topological polar surface area (TPSA) is 46.2 Å². The van der Waals surface area contributed by atoms with Crippen molar-refractivity contribution in [3.05, 3.63) is 102 Å². The number of aryl methyl sites for hydroxylation is 1. The zero-order valence-corrected chi connectivity index (χ0v) is 19.0. The second-order valence-corrected chi connectivity index (χ2v) is 7.93. The highest BCUT2D eigenvalue weighted by molar-refractivity contribution is 5.94. The number of benzene rings is 3. The molecule has 2 unspecified atom stereocenters. The van der Waals surface area contributed by atoms with E-state index in [1.807, 2.05) is 67.6 Å². The standard InChI is InChI=1S/C20H25NO.C8H8O/c1-4-17(18-12-10-15(2)11-13-18)14-16(3)20(22)21-19-8-6-5-7-9-19;1-7(9)8-5-3-2-4-6-8/h5-13,16-17H,4,14H2,1-3H3,(H,21,22);2-6H,1H3. The van der Waals surface area contributed by atoms with E-state index in [1.54, 1.807) is 6.92 Å². The van der Waals surface area contributed by atoms with Gasteiger partial charge in [0.05, 0.1) is 0 Å². The van der Waals surface area contributed by atoms with Gasteiger partial charge >= 0.3 is 0 Å². The molecular weight excluding hydrogens is 382 g/mol. The molecule has 0 aliphatic heterocycles. The average Bonchev–Trinajstić information content (AvgIpc) is 2.79. The van der Waals surface area contributed by atoms with Crippen LogP contribution in [-0.2, 0) is 4.79 Å². The fraction of sp³-hybridized carbons (Fsp3) is 0.286. The molecule has 0 saturated carbocycles. The summed E-state index contributed by atoms with van der Waals surface area (Å²) < 4.78 is 0. The van der Waals surface area contributed by atoms with Gasteiger partial charge in [-0.3, -0.25) is 9.59 Å². The van der Waals surface area contributed by atoms with Crippen LogP contribution in [-0.4, -0.2) is 11.7 Å². The number of carbonyl (C=O) groups excluding carboxylic acids is 2. The quantitative estimate of drug-likeness (QED) is 0.421. The highest BCUT2D eigenvalue weighted by Crippen LogP contribution is 2.28. The van der Waals surface area contributed by atoms with Crippen molar-refractivity contribution in [2.24, 2.45) is 5.92 Å². The van der Waals surface area contributed by atoms with Crippen LogP contribution < -0.4 is 5.32 Å². The zero-order valence-electron chi connectivity index (χ0n) is 19.0. The lowest BCUT2D eigenvalue weighted by Gasteiger charge is -2.20. The van der Waals surface area contributed by atoms with E-state index in [1.165, 1.54) is 11.1 Å². The molecule has 0 saturated heterocycles. The number of nitrogens with one attached hydrogen (secondary N) is 1. The first kappa shape index (κ1) is 24.1. The van der Waals surface area contributed by atoms with Crippen LogP contribution in [0.1, 0.15) is 61.0 Å². The molecular formula is C28H33NO2. The van der Waals surface area contributed by atoms with Crippen molar-refractivity contribution in [2.45, 2.75) is 46.5 Å². The lowest BCUT2D eigenvalue weighted by atomic mass is 9.87. The minimum atomic E-state index is -0.00791. The SMILES string of the molecule is CC(=O)c1ccccc1.CCC(CC(C)C(=O)Nc1ccccc1)c1ccc(C)cc1. The van der Waals surface area contributed by atoms with Gasteiger partial charge in [0.1, 0.15) is 0 Å². The maximum absolute atomic E-state index is 12.3. The van der Waals surface area contributed by atoms with E-state index < -0.39 is 0 Å². The molecule has 3 aromatic carbocycles. The average molecular weight is 416 g/mol. The Kier molecular flexibility index (Phi) is 9.70. The first-order chi connectivity index (χ1) is 14.9. The maximum atomic E-state index is 12.3. The maximum Gasteiger partial charge on any atom is 0.227 e. The fourth-order valence-electron chi connectivity index (χ4n) is 3.37. The van der Waals surface area contributed by atoms with Crippen molar-refractivity contribution in [1.29, 1.82) is 0 Å². The summed E-state index contributed by atoms with van der Waals surface area (Å²) in [5, 5.41) is 2.99. The van der Waals surface area contributed by atoms with Gasteiger partial charge in [-0.25, -0.2) is 0 Å². The van der Waals surface area contributed by atoms with Crippen molar-refractivity contribution >= 4 is 17.4 Å². The Morgan fingerprint density at radius 1 is 0.839 bits per heavy atom. The van der Waals surface area contributed by atoms with Crippen LogP contribution in [0.25, 0.3) is 0 Å². The first-order valence-electron chi connectivity index (χ1n) is 10.9. The highest BCUT2D eigenvalue weighted by Gasteiger charge is 2.19. The first-order valence-corrected chi connectivity index (χ1v) is 10.9. The number of hydrogen-bond donors (Lipinski definition) is 1. The molecule has 0 fully saturated rings. The Morgan fingerprint density at radius 3 is 1.87 bits per heavy atom. The predicted octanol–water partition coefficient (Wildman–Crippen LogP) is 7.04. The summed E-state index contributed by atoms with van der Waals surface area (Å²) >= 11 is 0. The summed E-state index contributed by atoms with van der Waals surface area (Å²) in [7, 11) is 0. The number of anilines is 1. The van der Waals surface area contributed by atoms with E-state index in [0.29, 0.717) is 5.92 Å². The number of hydrogen-bond acceptors (Lipinski definition) is 2.